The molecule has 0 unspecified atom stereocenters. The van der Waals surface area contributed by atoms with E-state index < -0.39 is 0 Å². The average molecular weight is 328 g/mol. The first kappa shape index (κ1) is 15.7. The Balaban J connectivity index is 1.43. The molecule has 0 saturated carbocycles. The predicted octanol–water partition coefficient (Wildman–Crippen LogP) is 2.92. The van der Waals surface area contributed by atoms with Crippen molar-refractivity contribution in [2.75, 3.05) is 11.9 Å². The normalized spacial score (nSPS) is 13.3. The van der Waals surface area contributed by atoms with Crippen LogP contribution in [0, 0.1) is 0 Å². The van der Waals surface area contributed by atoms with Crippen molar-refractivity contribution < 1.29 is 9.59 Å². The Morgan fingerprint density at radius 3 is 2.96 bits per heavy atom. The van der Waals surface area contributed by atoms with Crippen LogP contribution in [0.4, 0.5) is 5.69 Å². The zero-order valence-electron chi connectivity index (χ0n) is 12.9. The van der Waals surface area contributed by atoms with Gasteiger partial charge in [-0.25, -0.2) is 0 Å². The minimum absolute atomic E-state index is 0.0863. The maximum atomic E-state index is 11.8. The highest BCUT2D eigenvalue weighted by Crippen LogP contribution is 2.23. The van der Waals surface area contributed by atoms with Gasteiger partial charge in [-0.15, -0.1) is 11.3 Å². The first-order valence-corrected chi connectivity index (χ1v) is 8.79. The molecule has 0 spiro atoms. The van der Waals surface area contributed by atoms with Crippen LogP contribution < -0.4 is 10.6 Å². The van der Waals surface area contributed by atoms with Crippen molar-refractivity contribution in [3.8, 4) is 0 Å². The van der Waals surface area contributed by atoms with Crippen molar-refractivity contribution in [1.82, 2.24) is 5.32 Å². The van der Waals surface area contributed by atoms with Crippen molar-refractivity contribution in [3.05, 3.63) is 51.7 Å². The second-order valence-electron chi connectivity index (χ2n) is 5.72. The number of benzene rings is 1. The van der Waals surface area contributed by atoms with E-state index in [1.54, 1.807) is 11.3 Å². The third kappa shape index (κ3) is 4.42. The van der Waals surface area contributed by atoms with Gasteiger partial charge in [-0.1, -0.05) is 18.2 Å². The molecule has 1 aromatic heterocycles. The zero-order chi connectivity index (χ0) is 16.1. The van der Waals surface area contributed by atoms with E-state index in [4.69, 9.17) is 0 Å². The second kappa shape index (κ2) is 7.42. The van der Waals surface area contributed by atoms with E-state index >= 15 is 0 Å². The van der Waals surface area contributed by atoms with Crippen molar-refractivity contribution >= 4 is 28.8 Å². The molecule has 0 aliphatic carbocycles. The first-order chi connectivity index (χ1) is 11.2. The van der Waals surface area contributed by atoms with Crippen LogP contribution >= 0.6 is 11.3 Å². The van der Waals surface area contributed by atoms with E-state index in [1.165, 1.54) is 16.0 Å². The van der Waals surface area contributed by atoms with Gasteiger partial charge >= 0.3 is 0 Å². The van der Waals surface area contributed by atoms with Crippen LogP contribution in [0.1, 0.15) is 28.8 Å². The molecule has 2 N–H and O–H groups in total. The van der Waals surface area contributed by atoms with Crippen LogP contribution in [0.3, 0.4) is 0 Å². The fraction of sp³-hybridized carbons (Fsp3) is 0.333. The molecule has 4 nitrogen and oxygen atoms in total. The summed E-state index contributed by atoms with van der Waals surface area (Å²) in [6.45, 7) is 0.647. The van der Waals surface area contributed by atoms with Crippen LogP contribution in [0.2, 0.25) is 0 Å². The predicted molar refractivity (Wildman–Crippen MR) is 92.7 cm³/mol. The molecule has 1 aromatic carbocycles. The van der Waals surface area contributed by atoms with Crippen LogP contribution in [0.25, 0.3) is 0 Å². The molecule has 0 bridgehead atoms. The van der Waals surface area contributed by atoms with Crippen LogP contribution in [-0.4, -0.2) is 18.4 Å². The van der Waals surface area contributed by atoms with Gasteiger partial charge in [-0.3, -0.25) is 9.59 Å². The largest absolute Gasteiger partial charge is 0.356 e. The van der Waals surface area contributed by atoms with Crippen molar-refractivity contribution in [3.63, 3.8) is 0 Å². The Morgan fingerprint density at radius 2 is 2.13 bits per heavy atom. The highest BCUT2D eigenvalue weighted by molar-refractivity contribution is 7.09. The van der Waals surface area contributed by atoms with Crippen LogP contribution in [-0.2, 0) is 28.9 Å². The molecule has 2 amide bonds. The fourth-order valence-corrected chi connectivity index (χ4v) is 3.43. The number of carbonyl (C=O) groups is 2. The van der Waals surface area contributed by atoms with Crippen LogP contribution in [0.5, 0.6) is 0 Å². The van der Waals surface area contributed by atoms with E-state index in [0.717, 1.165) is 24.9 Å². The van der Waals surface area contributed by atoms with Crippen molar-refractivity contribution in [1.29, 1.82) is 0 Å². The van der Waals surface area contributed by atoms with Gasteiger partial charge < -0.3 is 10.6 Å². The molecule has 2 aromatic rings. The van der Waals surface area contributed by atoms with Gasteiger partial charge in [-0.05, 0) is 47.9 Å². The summed E-state index contributed by atoms with van der Waals surface area (Å²) in [5.41, 5.74) is 3.30. The second-order valence-corrected chi connectivity index (χ2v) is 6.75. The number of thiophene rings is 1. The third-order valence-electron chi connectivity index (χ3n) is 3.98. The SMILES string of the molecule is O=C(CCc1cccs1)NCCc1ccc2c(c1)CCC(=O)N2. The van der Waals surface area contributed by atoms with Gasteiger partial charge in [-0.2, -0.15) is 0 Å². The molecule has 0 radical (unpaired) electrons. The lowest BCUT2D eigenvalue weighted by Crippen LogP contribution is -2.26. The van der Waals surface area contributed by atoms with Gasteiger partial charge in [0.1, 0.15) is 0 Å². The summed E-state index contributed by atoms with van der Waals surface area (Å²) < 4.78 is 0. The quantitative estimate of drug-likeness (QED) is 0.856. The summed E-state index contributed by atoms with van der Waals surface area (Å²) >= 11 is 1.69. The lowest BCUT2D eigenvalue weighted by atomic mass is 9.99. The first-order valence-electron chi connectivity index (χ1n) is 7.91. The van der Waals surface area contributed by atoms with E-state index in [2.05, 4.69) is 22.8 Å². The summed E-state index contributed by atoms with van der Waals surface area (Å²) in [5, 5.41) is 7.89. The standard InChI is InChI=1S/C18H20N2O2S/c21-17(8-5-15-2-1-11-23-15)19-10-9-13-3-6-16-14(12-13)4-7-18(22)20-16/h1-3,6,11-12H,4-5,7-10H2,(H,19,21)(H,20,22). The van der Waals surface area contributed by atoms with Gasteiger partial charge in [0.15, 0.2) is 0 Å². The number of fused-ring (bicyclic) bond motifs is 1. The number of rotatable bonds is 6. The maximum absolute atomic E-state index is 11.8. The Morgan fingerprint density at radius 1 is 1.22 bits per heavy atom. The number of hydrogen-bond acceptors (Lipinski definition) is 3. The van der Waals surface area contributed by atoms with E-state index in [0.29, 0.717) is 19.4 Å². The number of nitrogens with one attached hydrogen (secondary N) is 2. The number of carbonyl (C=O) groups excluding carboxylic acids is 2. The van der Waals surface area contributed by atoms with Crippen LogP contribution in [0.15, 0.2) is 35.7 Å². The van der Waals surface area contributed by atoms with Crippen molar-refractivity contribution in [2.24, 2.45) is 0 Å². The van der Waals surface area contributed by atoms with Crippen molar-refractivity contribution in [2.45, 2.75) is 32.1 Å². The number of amides is 2. The smallest absolute Gasteiger partial charge is 0.224 e. The minimum atomic E-state index is 0.0863. The summed E-state index contributed by atoms with van der Waals surface area (Å²) in [5.74, 6) is 0.187. The van der Waals surface area contributed by atoms with E-state index in [-0.39, 0.29) is 11.8 Å². The topological polar surface area (TPSA) is 58.2 Å². The highest BCUT2D eigenvalue weighted by atomic mass is 32.1. The molecule has 0 fully saturated rings. The monoisotopic (exact) mass is 328 g/mol. The Hall–Kier alpha value is -2.14. The lowest BCUT2D eigenvalue weighted by Gasteiger charge is -2.17. The molecule has 23 heavy (non-hydrogen) atoms. The van der Waals surface area contributed by atoms with Gasteiger partial charge in [0.2, 0.25) is 11.8 Å². The maximum Gasteiger partial charge on any atom is 0.224 e. The molecule has 3 rings (SSSR count). The summed E-state index contributed by atoms with van der Waals surface area (Å²) in [4.78, 5) is 24.4. The number of anilines is 1. The molecule has 0 atom stereocenters. The van der Waals surface area contributed by atoms with E-state index in [9.17, 15) is 9.59 Å². The Labute approximate surface area is 139 Å². The Bertz CT molecular complexity index is 695. The highest BCUT2D eigenvalue weighted by Gasteiger charge is 2.14. The molecular formula is C18H20N2O2S. The van der Waals surface area contributed by atoms with E-state index in [1.807, 2.05) is 23.6 Å². The molecule has 1 aliphatic heterocycles. The zero-order valence-corrected chi connectivity index (χ0v) is 13.7. The number of hydrogen-bond donors (Lipinski definition) is 2. The lowest BCUT2D eigenvalue weighted by molar-refractivity contribution is -0.121. The summed E-state index contributed by atoms with van der Waals surface area (Å²) in [6, 6.07) is 10.2. The average Bonchev–Trinajstić information content (AvgIpc) is 3.06. The molecule has 120 valence electrons. The Kier molecular flexibility index (Phi) is 5.08. The molecule has 1 aliphatic rings. The molecular weight excluding hydrogens is 308 g/mol. The summed E-state index contributed by atoms with van der Waals surface area (Å²) in [7, 11) is 0. The molecule has 2 heterocycles. The molecule has 0 saturated heterocycles. The van der Waals surface area contributed by atoms with Gasteiger partial charge in [0.05, 0.1) is 0 Å². The molecule has 5 heteroatoms. The van der Waals surface area contributed by atoms with Gasteiger partial charge in [0.25, 0.3) is 0 Å². The minimum Gasteiger partial charge on any atom is -0.356 e. The number of aryl methyl sites for hydroxylation is 2. The fourth-order valence-electron chi connectivity index (χ4n) is 2.72. The van der Waals surface area contributed by atoms with Gasteiger partial charge in [0, 0.05) is 30.0 Å². The third-order valence-corrected chi connectivity index (χ3v) is 4.92. The summed E-state index contributed by atoms with van der Waals surface area (Å²) in [6.07, 6.45) is 3.50.